The van der Waals surface area contributed by atoms with Crippen molar-refractivity contribution in [1.29, 1.82) is 0 Å². The second-order valence-corrected chi connectivity index (χ2v) is 8.20. The number of nitrogens with one attached hydrogen (secondary N) is 1. The van der Waals surface area contributed by atoms with Gasteiger partial charge in [-0.3, -0.25) is 4.72 Å². The van der Waals surface area contributed by atoms with Crippen LogP contribution in [0.25, 0.3) is 0 Å². The Morgan fingerprint density at radius 2 is 1.67 bits per heavy atom. The van der Waals surface area contributed by atoms with E-state index in [1.807, 2.05) is 37.3 Å². The number of hydrogen-bond acceptors (Lipinski definition) is 5. The molecule has 3 rings (SSSR count). The smallest absolute Gasteiger partial charge is 0.337 e. The first-order valence-corrected chi connectivity index (χ1v) is 10.5. The van der Waals surface area contributed by atoms with Crippen LogP contribution in [0.2, 0.25) is 0 Å². The van der Waals surface area contributed by atoms with Crippen molar-refractivity contribution in [2.75, 3.05) is 11.8 Å². The summed E-state index contributed by atoms with van der Waals surface area (Å²) in [6.45, 7) is 2.04. The van der Waals surface area contributed by atoms with Crippen molar-refractivity contribution in [2.45, 2.75) is 18.4 Å². The molecule has 0 spiro atoms. The Hall–Kier alpha value is -3.52. The zero-order chi connectivity index (χ0) is 21.7. The van der Waals surface area contributed by atoms with E-state index in [-0.39, 0.29) is 34.3 Å². The lowest BCUT2D eigenvalue weighted by molar-refractivity contribution is 0.0697. The van der Waals surface area contributed by atoms with Gasteiger partial charge in [0, 0.05) is 0 Å². The number of carboxylic acids is 1. The van der Waals surface area contributed by atoms with Gasteiger partial charge in [-0.25, -0.2) is 13.2 Å². The number of ether oxygens (including phenoxy) is 2. The van der Waals surface area contributed by atoms with Crippen molar-refractivity contribution >= 4 is 21.7 Å². The highest BCUT2D eigenvalue weighted by molar-refractivity contribution is 7.92. The van der Waals surface area contributed by atoms with Crippen LogP contribution in [0.1, 0.15) is 21.5 Å². The fourth-order valence-corrected chi connectivity index (χ4v) is 3.89. The van der Waals surface area contributed by atoms with E-state index in [0.29, 0.717) is 0 Å². The molecule has 156 valence electrons. The highest BCUT2D eigenvalue weighted by atomic mass is 32.2. The summed E-state index contributed by atoms with van der Waals surface area (Å²) >= 11 is 0. The molecular formula is C22H21NO6S. The largest absolute Gasteiger partial charge is 0.491 e. The maximum atomic E-state index is 12.8. The lowest BCUT2D eigenvalue weighted by Crippen LogP contribution is -2.17. The number of carbonyl (C=O) groups is 1. The molecule has 0 unspecified atom stereocenters. The number of rotatable bonds is 8. The SMILES string of the molecule is COc1c(OCc2ccccc2)ccc(C(=O)O)c1NS(=O)(=O)c1ccc(C)cc1. The molecule has 0 aliphatic rings. The van der Waals surface area contributed by atoms with E-state index in [9.17, 15) is 18.3 Å². The lowest BCUT2D eigenvalue weighted by atomic mass is 10.1. The second-order valence-electron chi connectivity index (χ2n) is 6.52. The molecular weight excluding hydrogens is 406 g/mol. The van der Waals surface area contributed by atoms with Gasteiger partial charge in [-0.05, 0) is 36.8 Å². The normalized spacial score (nSPS) is 11.0. The predicted octanol–water partition coefficient (Wildman–Crippen LogP) is 4.08. The Bertz CT molecular complexity index is 1140. The molecule has 0 aromatic heterocycles. The number of carboxylic acid groups (broad SMARTS) is 1. The van der Waals surface area contributed by atoms with Gasteiger partial charge in [0.2, 0.25) is 0 Å². The van der Waals surface area contributed by atoms with Crippen LogP contribution in [0, 0.1) is 6.92 Å². The molecule has 2 N–H and O–H groups in total. The number of aromatic carboxylic acids is 1. The summed E-state index contributed by atoms with van der Waals surface area (Å²) in [5, 5.41) is 9.56. The van der Waals surface area contributed by atoms with Gasteiger partial charge in [-0.1, -0.05) is 48.0 Å². The summed E-state index contributed by atoms with van der Waals surface area (Å²) in [4.78, 5) is 11.7. The topological polar surface area (TPSA) is 102 Å². The van der Waals surface area contributed by atoms with Crippen molar-refractivity contribution in [3.05, 3.63) is 83.4 Å². The summed E-state index contributed by atoms with van der Waals surface area (Å²) < 4.78 is 39.2. The van der Waals surface area contributed by atoms with Crippen LogP contribution in [0.15, 0.2) is 71.6 Å². The predicted molar refractivity (Wildman–Crippen MR) is 113 cm³/mol. The van der Waals surface area contributed by atoms with E-state index in [1.54, 1.807) is 12.1 Å². The molecule has 7 nitrogen and oxygen atoms in total. The third-order valence-corrected chi connectivity index (χ3v) is 5.73. The third kappa shape index (κ3) is 4.72. The molecule has 0 saturated heterocycles. The fourth-order valence-electron chi connectivity index (χ4n) is 2.81. The standard InChI is InChI=1S/C22H21NO6S/c1-15-8-10-17(11-9-15)30(26,27)23-20-18(22(24)25)12-13-19(21(20)28-2)29-14-16-6-4-3-5-7-16/h3-13,23H,14H2,1-2H3,(H,24,25). The molecule has 0 aliphatic heterocycles. The van der Waals surface area contributed by atoms with Gasteiger partial charge in [-0.2, -0.15) is 0 Å². The van der Waals surface area contributed by atoms with Gasteiger partial charge in [0.1, 0.15) is 12.3 Å². The molecule has 0 aliphatic carbocycles. The van der Waals surface area contributed by atoms with E-state index in [4.69, 9.17) is 9.47 Å². The van der Waals surface area contributed by atoms with Crippen molar-refractivity contribution in [3.63, 3.8) is 0 Å². The lowest BCUT2D eigenvalue weighted by Gasteiger charge is -2.18. The molecule has 0 fully saturated rings. The molecule has 0 amide bonds. The highest BCUT2D eigenvalue weighted by Crippen LogP contribution is 2.39. The van der Waals surface area contributed by atoms with Crippen molar-refractivity contribution in [1.82, 2.24) is 0 Å². The second kappa shape index (κ2) is 8.87. The summed E-state index contributed by atoms with van der Waals surface area (Å²) in [5.74, 6) is -1.10. The first-order valence-electron chi connectivity index (χ1n) is 9.02. The molecule has 8 heteroatoms. The Morgan fingerprint density at radius 1 is 1.00 bits per heavy atom. The van der Waals surface area contributed by atoms with Crippen LogP contribution < -0.4 is 14.2 Å². The first kappa shape index (κ1) is 21.2. The van der Waals surface area contributed by atoms with Gasteiger partial charge >= 0.3 is 5.97 Å². The van der Waals surface area contributed by atoms with E-state index in [2.05, 4.69) is 4.72 Å². The van der Waals surface area contributed by atoms with Crippen molar-refractivity contribution < 1.29 is 27.8 Å². The molecule has 3 aromatic rings. The molecule has 0 bridgehead atoms. The van der Waals surface area contributed by atoms with E-state index in [1.165, 1.54) is 31.4 Å². The molecule has 30 heavy (non-hydrogen) atoms. The monoisotopic (exact) mass is 427 g/mol. The minimum absolute atomic E-state index is 0.00194. The average molecular weight is 427 g/mol. The number of methoxy groups -OCH3 is 1. The number of sulfonamides is 1. The number of hydrogen-bond donors (Lipinski definition) is 2. The van der Waals surface area contributed by atoms with Crippen LogP contribution in [0.4, 0.5) is 5.69 Å². The van der Waals surface area contributed by atoms with Crippen LogP contribution >= 0.6 is 0 Å². The third-order valence-electron chi connectivity index (χ3n) is 4.36. The van der Waals surface area contributed by atoms with Gasteiger partial charge in [0.25, 0.3) is 10.0 Å². The van der Waals surface area contributed by atoms with Crippen LogP contribution in [0.3, 0.4) is 0 Å². The number of aryl methyl sites for hydroxylation is 1. The molecule has 0 saturated carbocycles. The minimum Gasteiger partial charge on any atom is -0.491 e. The van der Waals surface area contributed by atoms with Gasteiger partial charge < -0.3 is 14.6 Å². The summed E-state index contributed by atoms with van der Waals surface area (Å²) in [7, 11) is -2.73. The summed E-state index contributed by atoms with van der Waals surface area (Å²) in [6.07, 6.45) is 0. The zero-order valence-corrected chi connectivity index (χ0v) is 17.3. The Labute approximate surface area is 174 Å². The van der Waals surface area contributed by atoms with Crippen molar-refractivity contribution in [3.8, 4) is 11.5 Å². The van der Waals surface area contributed by atoms with E-state index < -0.39 is 16.0 Å². The molecule has 0 heterocycles. The summed E-state index contributed by atoms with van der Waals surface area (Å²) in [5.41, 5.74) is 1.34. The van der Waals surface area contributed by atoms with Gasteiger partial charge in [0.15, 0.2) is 11.5 Å². The maximum absolute atomic E-state index is 12.8. The minimum atomic E-state index is -4.05. The molecule has 0 atom stereocenters. The number of benzene rings is 3. The number of anilines is 1. The molecule has 3 aromatic carbocycles. The van der Waals surface area contributed by atoms with E-state index in [0.717, 1.165) is 11.1 Å². The quantitative estimate of drug-likeness (QED) is 0.562. The fraction of sp³-hybridized carbons (Fsp3) is 0.136. The van der Waals surface area contributed by atoms with Crippen molar-refractivity contribution in [2.24, 2.45) is 0 Å². The van der Waals surface area contributed by atoms with Crippen LogP contribution in [-0.2, 0) is 16.6 Å². The Balaban J connectivity index is 2.00. The van der Waals surface area contributed by atoms with Gasteiger partial charge in [0.05, 0.1) is 17.6 Å². The van der Waals surface area contributed by atoms with E-state index >= 15 is 0 Å². The summed E-state index contributed by atoms with van der Waals surface area (Å²) in [6, 6.07) is 18.3. The first-order chi connectivity index (χ1) is 14.3. The molecule has 0 radical (unpaired) electrons. The van der Waals surface area contributed by atoms with Gasteiger partial charge in [-0.15, -0.1) is 0 Å². The maximum Gasteiger partial charge on any atom is 0.337 e. The highest BCUT2D eigenvalue weighted by Gasteiger charge is 2.25. The van der Waals surface area contributed by atoms with Crippen LogP contribution in [-0.4, -0.2) is 26.6 Å². The Kier molecular flexibility index (Phi) is 6.27. The Morgan fingerprint density at radius 3 is 2.27 bits per heavy atom. The van der Waals surface area contributed by atoms with Crippen LogP contribution in [0.5, 0.6) is 11.5 Å². The average Bonchev–Trinajstić information content (AvgIpc) is 2.72. The zero-order valence-electron chi connectivity index (χ0n) is 16.5.